The van der Waals surface area contributed by atoms with E-state index in [2.05, 4.69) is 19.2 Å². The molecule has 17 nitrogen and oxygen atoms in total. The number of esters is 1. The maximum absolute atomic E-state index is 12.1. The van der Waals surface area contributed by atoms with Gasteiger partial charge in [0.25, 0.3) is 0 Å². The molecule has 9 unspecified atom stereocenters. The fourth-order valence-corrected chi connectivity index (χ4v) is 8.73. The van der Waals surface area contributed by atoms with Crippen molar-refractivity contribution in [3.05, 3.63) is 70.3 Å². The second-order valence-electron chi connectivity index (χ2n) is 16.1. The van der Waals surface area contributed by atoms with E-state index in [1.54, 1.807) is 31.3 Å². The third kappa shape index (κ3) is 7.83. The number of hydrogen-bond acceptors (Lipinski definition) is 16. The third-order valence-electron chi connectivity index (χ3n) is 11.5. The average molecular weight is 823 g/mol. The van der Waals surface area contributed by atoms with Crippen molar-refractivity contribution in [2.45, 2.75) is 93.7 Å². The van der Waals surface area contributed by atoms with Crippen molar-refractivity contribution in [1.82, 2.24) is 5.32 Å². The molecule has 1 fully saturated rings. The highest BCUT2D eigenvalue weighted by Gasteiger charge is 2.60. The van der Waals surface area contributed by atoms with E-state index in [4.69, 9.17) is 53.8 Å². The van der Waals surface area contributed by atoms with Gasteiger partial charge in [-0.2, -0.15) is 4.89 Å². The number of carbonyl (C=O) groups excluding carboxylic acids is 1. The number of aliphatic hydroxyl groups excluding tert-OH is 2. The van der Waals surface area contributed by atoms with Crippen LogP contribution in [-0.4, -0.2) is 109 Å². The van der Waals surface area contributed by atoms with E-state index in [1.165, 1.54) is 0 Å². The van der Waals surface area contributed by atoms with Crippen molar-refractivity contribution in [2.75, 3.05) is 40.2 Å². The molecule has 5 aliphatic heterocycles. The molecular weight excluding hydrogens is 772 g/mol. The van der Waals surface area contributed by atoms with Gasteiger partial charge >= 0.3 is 11.9 Å². The Balaban J connectivity index is 1.17. The van der Waals surface area contributed by atoms with Gasteiger partial charge in [-0.3, -0.25) is 9.59 Å². The number of aromatic hydroxyl groups is 1. The second kappa shape index (κ2) is 16.6. The van der Waals surface area contributed by atoms with E-state index >= 15 is 0 Å². The number of phenolic OH excluding ortho intramolecular Hbond substituents is 1. The number of carboxylic acids is 1. The smallest absolute Gasteiger partial charge is 0.317 e. The van der Waals surface area contributed by atoms with Crippen LogP contribution in [0.2, 0.25) is 0 Å². The molecule has 0 aromatic heterocycles. The molecule has 1 spiro atoms. The van der Waals surface area contributed by atoms with Crippen LogP contribution >= 0.6 is 0 Å². The molecule has 0 aliphatic carbocycles. The number of fused-ring (bicyclic) bond motifs is 7. The van der Waals surface area contributed by atoms with Crippen LogP contribution in [-0.2, 0) is 35.1 Å². The highest BCUT2D eigenvalue weighted by Crippen LogP contribution is 2.58. The van der Waals surface area contributed by atoms with Crippen LogP contribution in [0.5, 0.6) is 34.5 Å². The molecule has 0 bridgehead atoms. The number of phenols is 1. The molecule has 318 valence electrons. The Hall–Kier alpha value is -4.88. The maximum atomic E-state index is 12.1. The zero-order valence-corrected chi connectivity index (χ0v) is 33.0. The first-order chi connectivity index (χ1) is 28.4. The van der Waals surface area contributed by atoms with Crippen molar-refractivity contribution in [3.8, 4) is 34.5 Å². The van der Waals surface area contributed by atoms with Gasteiger partial charge in [0.05, 0.1) is 19.1 Å². The summed E-state index contributed by atoms with van der Waals surface area (Å²) in [6.07, 6.45) is -6.68. The molecule has 3 aromatic carbocycles. The summed E-state index contributed by atoms with van der Waals surface area (Å²) in [5.41, 5.74) is 8.37. The molecular formula is C42H50N2O15. The van der Waals surface area contributed by atoms with E-state index in [-0.39, 0.29) is 43.7 Å². The Morgan fingerprint density at radius 3 is 2.58 bits per heavy atom. The van der Waals surface area contributed by atoms with Gasteiger partial charge in [-0.25, -0.2) is 0 Å². The molecule has 1 saturated heterocycles. The summed E-state index contributed by atoms with van der Waals surface area (Å²) in [7, 11) is 1.73. The van der Waals surface area contributed by atoms with Gasteiger partial charge in [-0.15, -0.1) is 0 Å². The number of benzene rings is 3. The van der Waals surface area contributed by atoms with Gasteiger partial charge in [0, 0.05) is 40.8 Å². The average Bonchev–Trinajstić information content (AvgIpc) is 3.82. The molecule has 0 radical (unpaired) electrons. The Morgan fingerprint density at radius 1 is 1.02 bits per heavy atom. The number of carboxylic acid groups (broad SMARTS) is 1. The van der Waals surface area contributed by atoms with E-state index in [0.717, 1.165) is 22.4 Å². The van der Waals surface area contributed by atoms with Gasteiger partial charge in [-0.05, 0) is 68.1 Å². The minimum atomic E-state index is -1.89. The third-order valence-corrected chi connectivity index (χ3v) is 11.5. The summed E-state index contributed by atoms with van der Waals surface area (Å²) in [4.78, 5) is 35.8. The monoisotopic (exact) mass is 822 g/mol. The van der Waals surface area contributed by atoms with Gasteiger partial charge < -0.3 is 69.5 Å². The first kappa shape index (κ1) is 40.9. The summed E-state index contributed by atoms with van der Waals surface area (Å²) in [5.74, 6) is 0.174. The van der Waals surface area contributed by atoms with Crippen LogP contribution in [0.4, 0.5) is 0 Å². The van der Waals surface area contributed by atoms with Gasteiger partial charge in [0.1, 0.15) is 54.7 Å². The summed E-state index contributed by atoms with van der Waals surface area (Å²) >= 11 is 0. The lowest BCUT2D eigenvalue weighted by Crippen LogP contribution is -2.69. The van der Waals surface area contributed by atoms with E-state index in [9.17, 15) is 24.9 Å². The Labute approximate surface area is 340 Å². The zero-order valence-electron chi connectivity index (χ0n) is 33.0. The van der Waals surface area contributed by atoms with Crippen molar-refractivity contribution in [2.24, 2.45) is 11.7 Å². The van der Waals surface area contributed by atoms with Crippen molar-refractivity contribution in [1.29, 1.82) is 0 Å². The number of carbonyl (C=O) groups is 2. The van der Waals surface area contributed by atoms with Crippen LogP contribution in [0.3, 0.4) is 0 Å². The lowest BCUT2D eigenvalue weighted by molar-refractivity contribution is -0.422. The molecule has 3 aromatic rings. The summed E-state index contributed by atoms with van der Waals surface area (Å²) in [5, 5.41) is 46.1. The van der Waals surface area contributed by atoms with Gasteiger partial charge in [0.15, 0.2) is 29.1 Å². The Bertz CT molecular complexity index is 2060. The van der Waals surface area contributed by atoms with Crippen molar-refractivity contribution >= 4 is 11.9 Å². The van der Waals surface area contributed by atoms with Gasteiger partial charge in [0.2, 0.25) is 6.79 Å². The molecule has 0 saturated carbocycles. The predicted molar refractivity (Wildman–Crippen MR) is 205 cm³/mol. The topological polar surface area (TPSA) is 236 Å². The Morgan fingerprint density at radius 2 is 1.81 bits per heavy atom. The van der Waals surface area contributed by atoms with E-state index < -0.39 is 73.2 Å². The van der Waals surface area contributed by atoms with Crippen LogP contribution in [0, 0.1) is 5.92 Å². The molecule has 59 heavy (non-hydrogen) atoms. The second-order valence-corrected chi connectivity index (χ2v) is 16.1. The largest absolute Gasteiger partial charge is 0.508 e. The number of rotatable bonds is 12. The van der Waals surface area contributed by atoms with Gasteiger partial charge in [-0.1, -0.05) is 26.0 Å². The molecule has 9 atom stereocenters. The molecule has 5 aliphatic rings. The Kier molecular flexibility index (Phi) is 11.5. The first-order valence-electron chi connectivity index (χ1n) is 19.8. The fourth-order valence-electron chi connectivity index (χ4n) is 8.73. The van der Waals surface area contributed by atoms with Crippen LogP contribution in [0.25, 0.3) is 0 Å². The highest BCUT2D eigenvalue weighted by molar-refractivity contribution is 5.90. The summed E-state index contributed by atoms with van der Waals surface area (Å²) in [6, 6.07) is 11.9. The quantitative estimate of drug-likeness (QED) is 0.0875. The molecule has 17 heteroatoms. The molecule has 8 rings (SSSR count). The number of ether oxygens (including phenoxy) is 7. The molecule has 7 N–H and O–H groups in total. The highest BCUT2D eigenvalue weighted by atomic mass is 17.2. The lowest BCUT2D eigenvalue weighted by Gasteiger charge is -2.50. The number of aliphatic carboxylic acids is 1. The minimum absolute atomic E-state index is 0.0169. The van der Waals surface area contributed by atoms with Crippen LogP contribution in [0.15, 0.2) is 42.5 Å². The number of hydrogen-bond donors (Lipinski definition) is 6. The predicted octanol–water partition coefficient (Wildman–Crippen LogP) is 2.93. The maximum Gasteiger partial charge on any atom is 0.317 e. The standard InChI is InChI=1S/C42H50N2O15/c1-20(2)9-28-37-26(12-32-39(28)55-19-54-32)29-17-51-30-11-25-24(21-5-4-6-23(45)10-21)7-8-42(59-58-31(25)13-27(30)38(29)57-37)40(50)36(49)33(18-52-35(48)14-34(46)47)56-41(42)53-16-22(43)15-44-3/h4-6,10-13,20,22,24,29,33,36,38,40-41,44-45,49-50H,7-9,14-19,43H2,1-3H3,(H,46,47). The normalized spacial score (nSPS) is 28.2. The fraction of sp³-hybridized carbons (Fsp3) is 0.524. The lowest BCUT2D eigenvalue weighted by atomic mass is 9.77. The SMILES string of the molecule is CNCC(N)COC1OC(COC(=O)CC(=O)O)C(O)C(O)C12CCC(c1cccc(O)c1)c1cc3c(cc1OO2)C1Oc2c(cc4c(c2CC(C)C)OCO4)C1CO3. The number of nitrogens with one attached hydrogen (secondary N) is 1. The number of likely N-dealkylation sites (N-methyl/N-ethyl adjacent to an activating group) is 1. The molecule has 5 heterocycles. The number of aliphatic hydroxyl groups is 2. The van der Waals surface area contributed by atoms with E-state index in [0.29, 0.717) is 53.9 Å². The zero-order chi connectivity index (χ0) is 41.6. The van der Waals surface area contributed by atoms with E-state index in [1.807, 2.05) is 18.2 Å². The van der Waals surface area contributed by atoms with Crippen molar-refractivity contribution < 1.29 is 72.9 Å². The molecule has 0 amide bonds. The van der Waals surface area contributed by atoms with Crippen molar-refractivity contribution in [3.63, 3.8) is 0 Å². The number of nitrogens with two attached hydrogens (primary N) is 1. The minimum Gasteiger partial charge on any atom is -0.508 e. The van der Waals surface area contributed by atoms with Crippen LogP contribution < -0.4 is 34.9 Å². The summed E-state index contributed by atoms with van der Waals surface area (Å²) < 4.78 is 42.6. The summed E-state index contributed by atoms with van der Waals surface area (Å²) in [6.45, 7) is 4.43. The first-order valence-corrected chi connectivity index (χ1v) is 19.8. The van der Waals surface area contributed by atoms with Crippen LogP contribution in [0.1, 0.15) is 78.9 Å².